The van der Waals surface area contributed by atoms with E-state index in [4.69, 9.17) is 0 Å². The molecule has 1 aliphatic rings. The number of nitriles is 1. The number of rotatable bonds is 2. The van der Waals surface area contributed by atoms with Gasteiger partial charge in [0.15, 0.2) is 0 Å². The van der Waals surface area contributed by atoms with Gasteiger partial charge in [-0.1, -0.05) is 13.0 Å². The van der Waals surface area contributed by atoms with Crippen LogP contribution in [0.3, 0.4) is 0 Å². The van der Waals surface area contributed by atoms with Crippen LogP contribution in [0.5, 0.6) is 0 Å². The van der Waals surface area contributed by atoms with Crippen molar-refractivity contribution in [2.75, 3.05) is 0 Å². The fourth-order valence-corrected chi connectivity index (χ4v) is 3.16. The summed E-state index contributed by atoms with van der Waals surface area (Å²) in [5.41, 5.74) is 0.797. The maximum absolute atomic E-state index is 13.1. The minimum absolute atomic E-state index is 0.239. The van der Waals surface area contributed by atoms with Crippen molar-refractivity contribution in [2.24, 2.45) is 11.3 Å². The molecule has 1 aliphatic carbocycles. The van der Waals surface area contributed by atoms with Gasteiger partial charge in [0.1, 0.15) is 5.82 Å². The molecule has 2 unspecified atom stereocenters. The Kier molecular flexibility index (Phi) is 3.53. The molecule has 0 aromatic heterocycles. The summed E-state index contributed by atoms with van der Waals surface area (Å²) in [5.74, 6) is 0.373. The lowest BCUT2D eigenvalue weighted by Gasteiger charge is -2.20. The third kappa shape index (κ3) is 2.69. The molecular weight excluding hydrogens is 281 g/mol. The van der Waals surface area contributed by atoms with Gasteiger partial charge in [0.05, 0.1) is 16.0 Å². The molecule has 0 saturated heterocycles. The molecule has 0 spiro atoms. The molecule has 0 heterocycles. The third-order valence-corrected chi connectivity index (χ3v) is 4.23. The molecular formula is C14H15BrFN. The van der Waals surface area contributed by atoms with Gasteiger partial charge >= 0.3 is 0 Å². The molecule has 2 rings (SSSR count). The molecule has 0 radical (unpaired) electrons. The van der Waals surface area contributed by atoms with E-state index in [1.165, 1.54) is 6.07 Å². The lowest BCUT2D eigenvalue weighted by Crippen LogP contribution is -2.17. The van der Waals surface area contributed by atoms with Gasteiger partial charge in [0, 0.05) is 0 Å². The summed E-state index contributed by atoms with van der Waals surface area (Å²) in [7, 11) is 0. The van der Waals surface area contributed by atoms with Crippen LogP contribution in [-0.4, -0.2) is 0 Å². The lowest BCUT2D eigenvalue weighted by molar-refractivity contribution is 0.391. The quantitative estimate of drug-likeness (QED) is 0.790. The van der Waals surface area contributed by atoms with E-state index >= 15 is 0 Å². The van der Waals surface area contributed by atoms with Crippen molar-refractivity contribution in [2.45, 2.75) is 32.6 Å². The number of halogens is 2. The molecule has 0 bridgehead atoms. The fourth-order valence-electron chi connectivity index (χ4n) is 2.74. The summed E-state index contributed by atoms with van der Waals surface area (Å²) in [5, 5.41) is 9.38. The smallest absolute Gasteiger partial charge is 0.137 e. The Labute approximate surface area is 110 Å². The molecule has 3 heteroatoms. The molecule has 1 nitrogen and oxygen atoms in total. The van der Waals surface area contributed by atoms with Gasteiger partial charge in [-0.3, -0.25) is 0 Å². The second-order valence-electron chi connectivity index (χ2n) is 5.17. The Morgan fingerprint density at radius 1 is 1.59 bits per heavy atom. The maximum Gasteiger partial charge on any atom is 0.137 e. The predicted octanol–water partition coefficient (Wildman–Crippen LogP) is 4.46. The van der Waals surface area contributed by atoms with E-state index in [1.54, 1.807) is 12.1 Å². The highest BCUT2D eigenvalue weighted by Gasteiger charge is 2.37. The van der Waals surface area contributed by atoms with Crippen molar-refractivity contribution in [3.05, 3.63) is 34.1 Å². The predicted molar refractivity (Wildman–Crippen MR) is 68.9 cm³/mol. The second-order valence-corrected chi connectivity index (χ2v) is 6.02. The lowest BCUT2D eigenvalue weighted by atomic mass is 9.81. The topological polar surface area (TPSA) is 23.8 Å². The zero-order chi connectivity index (χ0) is 12.5. The molecule has 0 aliphatic heterocycles. The van der Waals surface area contributed by atoms with E-state index in [0.717, 1.165) is 31.2 Å². The second kappa shape index (κ2) is 4.78. The minimum Gasteiger partial charge on any atom is -0.206 e. The molecule has 1 aromatic rings. The van der Waals surface area contributed by atoms with Gasteiger partial charge in [0.2, 0.25) is 0 Å². The first kappa shape index (κ1) is 12.6. The fraction of sp³-hybridized carbons (Fsp3) is 0.500. The Morgan fingerprint density at radius 3 is 2.88 bits per heavy atom. The van der Waals surface area contributed by atoms with E-state index in [9.17, 15) is 9.65 Å². The van der Waals surface area contributed by atoms with Crippen LogP contribution in [0.15, 0.2) is 22.7 Å². The number of hydrogen-bond donors (Lipinski definition) is 0. The Morgan fingerprint density at radius 2 is 2.35 bits per heavy atom. The summed E-state index contributed by atoms with van der Waals surface area (Å²) >= 11 is 3.19. The van der Waals surface area contributed by atoms with E-state index in [0.29, 0.717) is 10.4 Å². The number of benzene rings is 1. The zero-order valence-corrected chi connectivity index (χ0v) is 11.4. The van der Waals surface area contributed by atoms with Crippen molar-refractivity contribution < 1.29 is 4.39 Å². The van der Waals surface area contributed by atoms with Crippen molar-refractivity contribution in [1.82, 2.24) is 0 Å². The van der Waals surface area contributed by atoms with Gasteiger partial charge < -0.3 is 0 Å². The molecule has 2 atom stereocenters. The van der Waals surface area contributed by atoms with Crippen LogP contribution in [0.1, 0.15) is 31.7 Å². The summed E-state index contributed by atoms with van der Waals surface area (Å²) in [4.78, 5) is 0. The molecule has 17 heavy (non-hydrogen) atoms. The molecule has 1 fully saturated rings. The summed E-state index contributed by atoms with van der Waals surface area (Å²) in [6.45, 7) is 2.19. The molecule has 0 N–H and O–H groups in total. The van der Waals surface area contributed by atoms with Crippen LogP contribution < -0.4 is 0 Å². The van der Waals surface area contributed by atoms with Crippen molar-refractivity contribution >= 4 is 15.9 Å². The van der Waals surface area contributed by atoms with E-state index in [2.05, 4.69) is 28.9 Å². The van der Waals surface area contributed by atoms with Crippen molar-refractivity contribution in [3.63, 3.8) is 0 Å². The molecule has 90 valence electrons. The zero-order valence-electron chi connectivity index (χ0n) is 9.84. The summed E-state index contributed by atoms with van der Waals surface area (Å²) in [6, 6.07) is 7.51. The van der Waals surface area contributed by atoms with Crippen LogP contribution in [0.2, 0.25) is 0 Å². The first-order chi connectivity index (χ1) is 8.04. The van der Waals surface area contributed by atoms with Crippen LogP contribution >= 0.6 is 15.9 Å². The monoisotopic (exact) mass is 295 g/mol. The highest BCUT2D eigenvalue weighted by molar-refractivity contribution is 9.10. The van der Waals surface area contributed by atoms with Crippen LogP contribution in [0, 0.1) is 28.5 Å². The van der Waals surface area contributed by atoms with Crippen molar-refractivity contribution in [3.8, 4) is 6.07 Å². The van der Waals surface area contributed by atoms with E-state index in [-0.39, 0.29) is 11.2 Å². The third-order valence-electron chi connectivity index (χ3n) is 3.62. The largest absolute Gasteiger partial charge is 0.206 e. The molecule has 1 saturated carbocycles. The summed E-state index contributed by atoms with van der Waals surface area (Å²) < 4.78 is 13.6. The normalized spacial score (nSPS) is 28.0. The van der Waals surface area contributed by atoms with Crippen molar-refractivity contribution in [1.29, 1.82) is 5.26 Å². The Hall–Kier alpha value is -0.880. The number of nitrogens with zero attached hydrogens (tertiary/aromatic N) is 1. The minimum atomic E-state index is -0.250. The SMILES string of the molecule is CC1CCC(C#N)(Cc2ccc(F)c(Br)c2)C1. The van der Waals surface area contributed by atoms with Gasteiger partial charge in [-0.2, -0.15) is 5.26 Å². The first-order valence-electron chi connectivity index (χ1n) is 5.90. The molecule has 0 amide bonds. The van der Waals surface area contributed by atoms with Gasteiger partial charge in [-0.05, 0) is 65.2 Å². The van der Waals surface area contributed by atoms with Gasteiger partial charge in [-0.15, -0.1) is 0 Å². The van der Waals surface area contributed by atoms with Gasteiger partial charge in [-0.25, -0.2) is 4.39 Å². The highest BCUT2D eigenvalue weighted by Crippen LogP contribution is 2.43. The maximum atomic E-state index is 13.1. The first-order valence-corrected chi connectivity index (χ1v) is 6.69. The van der Waals surface area contributed by atoms with Crippen LogP contribution in [0.25, 0.3) is 0 Å². The average molecular weight is 296 g/mol. The Bertz CT molecular complexity index is 466. The van der Waals surface area contributed by atoms with Crippen LogP contribution in [-0.2, 0) is 6.42 Å². The van der Waals surface area contributed by atoms with Gasteiger partial charge in [0.25, 0.3) is 0 Å². The molecule has 1 aromatic carbocycles. The van der Waals surface area contributed by atoms with E-state index in [1.807, 2.05) is 0 Å². The highest BCUT2D eigenvalue weighted by atomic mass is 79.9. The number of hydrogen-bond acceptors (Lipinski definition) is 1. The summed E-state index contributed by atoms with van der Waals surface area (Å²) in [6.07, 6.45) is 3.76. The van der Waals surface area contributed by atoms with Crippen LogP contribution in [0.4, 0.5) is 4.39 Å². The standard InChI is InChI=1S/C14H15BrFN/c1-10-4-5-14(7-10,9-17)8-11-2-3-13(16)12(15)6-11/h2-3,6,10H,4-5,7-8H2,1H3. The van der Waals surface area contributed by atoms with E-state index < -0.39 is 0 Å². The Balaban J connectivity index is 2.20. The average Bonchev–Trinajstić information content (AvgIpc) is 2.66.